The van der Waals surface area contributed by atoms with Crippen LogP contribution in [0.2, 0.25) is 10.0 Å². The third-order valence-corrected chi connectivity index (χ3v) is 3.27. The Balaban J connectivity index is 2.64. The van der Waals surface area contributed by atoms with Gasteiger partial charge in [-0.25, -0.2) is 0 Å². The average Bonchev–Trinajstić information content (AvgIpc) is 2.26. The molecule has 1 rings (SSSR count). The molecular formula is C13H17Cl2NO3. The number of aromatic hydroxyl groups is 1. The largest absolute Gasteiger partial charge is 0.507 e. The van der Waals surface area contributed by atoms with Gasteiger partial charge in [-0.05, 0) is 24.5 Å². The molecule has 0 fully saturated rings. The highest BCUT2D eigenvalue weighted by atomic mass is 35.5. The van der Waals surface area contributed by atoms with Crippen LogP contribution in [0.5, 0.6) is 5.75 Å². The highest BCUT2D eigenvalue weighted by molar-refractivity contribution is 6.37. The lowest BCUT2D eigenvalue weighted by atomic mass is 10.0. The lowest BCUT2D eigenvalue weighted by molar-refractivity contribution is 0.0918. The van der Waals surface area contributed by atoms with Crippen molar-refractivity contribution in [2.75, 3.05) is 6.54 Å². The summed E-state index contributed by atoms with van der Waals surface area (Å²) in [7, 11) is 0. The van der Waals surface area contributed by atoms with E-state index in [1.54, 1.807) is 0 Å². The number of amides is 1. The van der Waals surface area contributed by atoms with Crippen molar-refractivity contribution in [3.8, 4) is 5.75 Å². The Bertz CT molecular complexity index is 440. The summed E-state index contributed by atoms with van der Waals surface area (Å²) in [4.78, 5) is 11.9. The molecule has 0 radical (unpaired) electrons. The third-order valence-electron chi connectivity index (χ3n) is 2.76. The Morgan fingerprint density at radius 2 is 2.00 bits per heavy atom. The predicted molar refractivity (Wildman–Crippen MR) is 75.9 cm³/mol. The lowest BCUT2D eigenvalue weighted by Gasteiger charge is -2.15. The van der Waals surface area contributed by atoms with Gasteiger partial charge in [-0.3, -0.25) is 4.79 Å². The molecule has 1 unspecified atom stereocenters. The zero-order chi connectivity index (χ0) is 14.6. The number of benzene rings is 1. The second-order valence-corrected chi connectivity index (χ2v) is 5.48. The van der Waals surface area contributed by atoms with Crippen LogP contribution in [-0.4, -0.2) is 28.8 Å². The standard InChI is InChI=1S/C13H17Cl2NO3/c1-7(2)10(17)3-4-16-13(19)12-9(15)5-8(14)6-11(12)18/h5-7,10,17-18H,3-4H2,1-2H3,(H,16,19). The van der Waals surface area contributed by atoms with Crippen LogP contribution in [0.1, 0.15) is 30.6 Å². The first-order valence-electron chi connectivity index (χ1n) is 5.97. The maximum absolute atomic E-state index is 11.9. The molecule has 0 bridgehead atoms. The van der Waals surface area contributed by atoms with E-state index in [1.165, 1.54) is 12.1 Å². The van der Waals surface area contributed by atoms with Gasteiger partial charge in [0.2, 0.25) is 0 Å². The van der Waals surface area contributed by atoms with E-state index in [1.807, 2.05) is 13.8 Å². The molecule has 1 amide bonds. The Kier molecular flexibility index (Phi) is 5.91. The van der Waals surface area contributed by atoms with Crippen molar-refractivity contribution >= 4 is 29.1 Å². The summed E-state index contributed by atoms with van der Waals surface area (Å²) in [6.07, 6.45) is -0.0374. The van der Waals surface area contributed by atoms with Crippen molar-refractivity contribution in [1.82, 2.24) is 5.32 Å². The van der Waals surface area contributed by atoms with Gasteiger partial charge in [0, 0.05) is 11.6 Å². The number of carbonyl (C=O) groups is 1. The monoisotopic (exact) mass is 305 g/mol. The highest BCUT2D eigenvalue weighted by Gasteiger charge is 2.17. The molecule has 0 aromatic heterocycles. The van der Waals surface area contributed by atoms with Crippen molar-refractivity contribution in [1.29, 1.82) is 0 Å². The number of nitrogens with one attached hydrogen (secondary N) is 1. The van der Waals surface area contributed by atoms with Crippen LogP contribution in [0.15, 0.2) is 12.1 Å². The van der Waals surface area contributed by atoms with Crippen molar-refractivity contribution in [3.63, 3.8) is 0 Å². The molecule has 3 N–H and O–H groups in total. The zero-order valence-corrected chi connectivity index (χ0v) is 12.3. The van der Waals surface area contributed by atoms with Crippen LogP contribution in [-0.2, 0) is 0 Å². The molecule has 1 aromatic carbocycles. The Hall–Kier alpha value is -0.970. The summed E-state index contributed by atoms with van der Waals surface area (Å²) < 4.78 is 0. The SMILES string of the molecule is CC(C)C(O)CCNC(=O)c1c(O)cc(Cl)cc1Cl. The van der Waals surface area contributed by atoms with Gasteiger partial charge in [-0.1, -0.05) is 37.0 Å². The Morgan fingerprint density at radius 1 is 1.37 bits per heavy atom. The molecular weight excluding hydrogens is 289 g/mol. The minimum Gasteiger partial charge on any atom is -0.507 e. The first kappa shape index (κ1) is 16.1. The minimum atomic E-state index is -0.491. The van der Waals surface area contributed by atoms with Crippen molar-refractivity contribution < 1.29 is 15.0 Å². The van der Waals surface area contributed by atoms with E-state index in [0.29, 0.717) is 13.0 Å². The summed E-state index contributed by atoms with van der Waals surface area (Å²) in [6, 6.07) is 2.64. The summed E-state index contributed by atoms with van der Waals surface area (Å²) in [5, 5.41) is 22.2. The van der Waals surface area contributed by atoms with Gasteiger partial charge in [-0.2, -0.15) is 0 Å². The number of hydrogen-bond donors (Lipinski definition) is 3. The molecule has 106 valence electrons. The Morgan fingerprint density at radius 3 is 2.53 bits per heavy atom. The van der Waals surface area contributed by atoms with E-state index in [-0.39, 0.29) is 27.3 Å². The molecule has 1 aromatic rings. The van der Waals surface area contributed by atoms with Crippen LogP contribution in [0.4, 0.5) is 0 Å². The molecule has 0 saturated carbocycles. The zero-order valence-electron chi connectivity index (χ0n) is 10.8. The fourth-order valence-corrected chi connectivity index (χ4v) is 2.11. The number of aliphatic hydroxyl groups is 1. The number of phenolic OH excluding ortho intramolecular Hbond substituents is 1. The number of hydrogen-bond acceptors (Lipinski definition) is 3. The van der Waals surface area contributed by atoms with Crippen LogP contribution in [0, 0.1) is 5.92 Å². The number of phenols is 1. The van der Waals surface area contributed by atoms with E-state index in [4.69, 9.17) is 23.2 Å². The highest BCUT2D eigenvalue weighted by Crippen LogP contribution is 2.29. The van der Waals surface area contributed by atoms with Gasteiger partial charge in [-0.15, -0.1) is 0 Å². The van der Waals surface area contributed by atoms with Gasteiger partial charge < -0.3 is 15.5 Å². The van der Waals surface area contributed by atoms with Gasteiger partial charge >= 0.3 is 0 Å². The van der Waals surface area contributed by atoms with Crippen molar-refractivity contribution in [2.45, 2.75) is 26.4 Å². The summed E-state index contributed by atoms with van der Waals surface area (Å²) >= 11 is 11.6. The topological polar surface area (TPSA) is 69.6 Å². The van der Waals surface area contributed by atoms with Gasteiger partial charge in [0.1, 0.15) is 5.75 Å². The average molecular weight is 306 g/mol. The second kappa shape index (κ2) is 6.98. The molecule has 0 aliphatic rings. The fraction of sp³-hybridized carbons (Fsp3) is 0.462. The van der Waals surface area contributed by atoms with Gasteiger partial charge in [0.05, 0.1) is 16.7 Å². The molecule has 4 nitrogen and oxygen atoms in total. The van der Waals surface area contributed by atoms with Gasteiger partial charge in [0.15, 0.2) is 0 Å². The summed E-state index contributed by atoms with van der Waals surface area (Å²) in [6.45, 7) is 4.10. The normalized spacial score (nSPS) is 12.5. The molecule has 6 heteroatoms. The smallest absolute Gasteiger partial charge is 0.256 e. The first-order valence-corrected chi connectivity index (χ1v) is 6.72. The van der Waals surface area contributed by atoms with E-state index in [0.717, 1.165) is 0 Å². The second-order valence-electron chi connectivity index (χ2n) is 4.64. The Labute approximate surface area is 122 Å². The van der Waals surface area contributed by atoms with Crippen LogP contribution >= 0.6 is 23.2 Å². The van der Waals surface area contributed by atoms with Crippen LogP contribution in [0.25, 0.3) is 0 Å². The summed E-state index contributed by atoms with van der Waals surface area (Å²) in [5.41, 5.74) is -0.00916. The number of rotatable bonds is 5. The van der Waals surface area contributed by atoms with Crippen molar-refractivity contribution in [3.05, 3.63) is 27.7 Å². The molecule has 0 heterocycles. The molecule has 1 atom stereocenters. The predicted octanol–water partition coefficient (Wildman–Crippen LogP) is 2.84. The molecule has 0 aliphatic heterocycles. The number of halogens is 2. The molecule has 0 spiro atoms. The molecule has 0 aliphatic carbocycles. The van der Waals surface area contributed by atoms with E-state index < -0.39 is 12.0 Å². The maximum atomic E-state index is 11.9. The number of aliphatic hydroxyl groups excluding tert-OH is 1. The fourth-order valence-electron chi connectivity index (χ4n) is 1.54. The minimum absolute atomic E-state index is 0.00916. The van der Waals surface area contributed by atoms with Crippen molar-refractivity contribution in [2.24, 2.45) is 5.92 Å². The lowest BCUT2D eigenvalue weighted by Crippen LogP contribution is -2.29. The number of carbonyl (C=O) groups excluding carboxylic acids is 1. The van der Waals surface area contributed by atoms with Crippen LogP contribution < -0.4 is 5.32 Å². The molecule has 19 heavy (non-hydrogen) atoms. The quantitative estimate of drug-likeness (QED) is 0.783. The summed E-state index contributed by atoms with van der Waals surface area (Å²) in [5.74, 6) is -0.626. The van der Waals surface area contributed by atoms with E-state index >= 15 is 0 Å². The molecule has 0 saturated heterocycles. The first-order chi connectivity index (χ1) is 8.82. The maximum Gasteiger partial charge on any atom is 0.256 e. The van der Waals surface area contributed by atoms with E-state index in [2.05, 4.69) is 5.32 Å². The van der Waals surface area contributed by atoms with Gasteiger partial charge in [0.25, 0.3) is 5.91 Å². The van der Waals surface area contributed by atoms with Crippen LogP contribution in [0.3, 0.4) is 0 Å². The third kappa shape index (κ3) is 4.56. The van der Waals surface area contributed by atoms with E-state index in [9.17, 15) is 15.0 Å².